The first-order valence-electron chi connectivity index (χ1n) is 9.16. The van der Waals surface area contributed by atoms with Crippen molar-refractivity contribution in [2.24, 2.45) is 0 Å². The average Bonchev–Trinajstić information content (AvgIpc) is 2.58. The van der Waals surface area contributed by atoms with E-state index in [-0.39, 0.29) is 18.1 Å². The summed E-state index contributed by atoms with van der Waals surface area (Å²) in [5.41, 5.74) is 2.92. The zero-order valence-corrected chi connectivity index (χ0v) is 15.4. The highest BCUT2D eigenvalue weighted by molar-refractivity contribution is 5.89. The largest absolute Gasteiger partial charge is 0.507 e. The highest BCUT2D eigenvalue weighted by atomic mass is 16.4. The molecule has 1 aliphatic carbocycles. The molecule has 0 unspecified atom stereocenters. The SMILES string of the molecule is Cc1cc(O)c2c(C)c(CC(=O)NCCC3=CCCCC3)c(=O)oc2c1. The lowest BCUT2D eigenvalue weighted by atomic mass is 9.97. The second-order valence-corrected chi connectivity index (χ2v) is 7.04. The fourth-order valence-corrected chi connectivity index (χ4v) is 3.58. The van der Waals surface area contributed by atoms with Crippen LogP contribution in [0.15, 0.2) is 33.0 Å². The molecule has 2 aromatic rings. The van der Waals surface area contributed by atoms with Crippen LogP contribution < -0.4 is 10.9 Å². The smallest absolute Gasteiger partial charge is 0.340 e. The number of nitrogens with one attached hydrogen (secondary N) is 1. The Morgan fingerprint density at radius 3 is 2.81 bits per heavy atom. The van der Waals surface area contributed by atoms with Crippen LogP contribution in [-0.4, -0.2) is 17.6 Å². The maximum absolute atomic E-state index is 12.3. The van der Waals surface area contributed by atoms with Crippen LogP contribution in [0, 0.1) is 13.8 Å². The van der Waals surface area contributed by atoms with Crippen molar-refractivity contribution < 1.29 is 14.3 Å². The molecule has 0 radical (unpaired) electrons. The third kappa shape index (κ3) is 3.98. The minimum Gasteiger partial charge on any atom is -0.507 e. The molecule has 1 heterocycles. The van der Waals surface area contributed by atoms with E-state index in [1.807, 2.05) is 6.92 Å². The van der Waals surface area contributed by atoms with Gasteiger partial charge in [0.15, 0.2) is 0 Å². The number of allylic oxidation sites excluding steroid dienone is 1. The van der Waals surface area contributed by atoms with Crippen LogP contribution in [0.5, 0.6) is 5.75 Å². The normalized spacial score (nSPS) is 14.3. The molecule has 0 saturated carbocycles. The topological polar surface area (TPSA) is 79.5 Å². The number of fused-ring (bicyclic) bond motifs is 1. The number of hydrogen-bond acceptors (Lipinski definition) is 4. The van der Waals surface area contributed by atoms with Crippen molar-refractivity contribution in [3.8, 4) is 5.75 Å². The third-order valence-electron chi connectivity index (χ3n) is 4.99. The lowest BCUT2D eigenvalue weighted by molar-refractivity contribution is -0.120. The summed E-state index contributed by atoms with van der Waals surface area (Å²) in [7, 11) is 0. The number of hydrogen-bond donors (Lipinski definition) is 2. The van der Waals surface area contributed by atoms with Crippen LogP contribution in [0.2, 0.25) is 0 Å². The summed E-state index contributed by atoms with van der Waals surface area (Å²) in [6, 6.07) is 3.34. The number of aromatic hydroxyl groups is 1. The Morgan fingerprint density at radius 1 is 1.27 bits per heavy atom. The van der Waals surface area contributed by atoms with Gasteiger partial charge in [0.1, 0.15) is 11.3 Å². The van der Waals surface area contributed by atoms with E-state index in [4.69, 9.17) is 4.42 Å². The fraction of sp³-hybridized carbons (Fsp3) is 0.429. The molecule has 0 spiro atoms. The van der Waals surface area contributed by atoms with Gasteiger partial charge in [-0.15, -0.1) is 0 Å². The van der Waals surface area contributed by atoms with Gasteiger partial charge in [0.05, 0.1) is 17.4 Å². The summed E-state index contributed by atoms with van der Waals surface area (Å²) in [6.45, 7) is 4.13. The van der Waals surface area contributed by atoms with Gasteiger partial charge in [0, 0.05) is 6.54 Å². The second-order valence-electron chi connectivity index (χ2n) is 7.04. The summed E-state index contributed by atoms with van der Waals surface area (Å²) < 4.78 is 5.33. The number of aryl methyl sites for hydroxylation is 2. The number of benzene rings is 1. The average molecular weight is 355 g/mol. The highest BCUT2D eigenvalue weighted by Crippen LogP contribution is 2.29. The molecule has 5 nitrogen and oxygen atoms in total. The Morgan fingerprint density at radius 2 is 2.08 bits per heavy atom. The first-order chi connectivity index (χ1) is 12.5. The Bertz CT molecular complexity index is 924. The van der Waals surface area contributed by atoms with Crippen LogP contribution in [0.1, 0.15) is 48.8 Å². The number of phenols is 1. The van der Waals surface area contributed by atoms with Gasteiger partial charge in [-0.2, -0.15) is 0 Å². The van der Waals surface area contributed by atoms with Crippen molar-refractivity contribution in [2.45, 2.75) is 52.4 Å². The molecule has 1 aromatic carbocycles. The molecule has 0 bridgehead atoms. The quantitative estimate of drug-likeness (QED) is 0.634. The molecular formula is C21H25NO4. The first kappa shape index (κ1) is 18.2. The number of rotatable bonds is 5. The van der Waals surface area contributed by atoms with Gasteiger partial charge in [0.25, 0.3) is 0 Å². The Kier molecular flexibility index (Phi) is 5.45. The molecule has 1 aliphatic rings. The molecule has 0 fully saturated rings. The molecule has 0 aliphatic heterocycles. The second kappa shape index (κ2) is 7.77. The van der Waals surface area contributed by atoms with Crippen LogP contribution in [0.25, 0.3) is 11.0 Å². The predicted octanol–water partition coefficient (Wildman–Crippen LogP) is 3.66. The molecule has 1 aromatic heterocycles. The van der Waals surface area contributed by atoms with Gasteiger partial charge >= 0.3 is 5.63 Å². The predicted molar refractivity (Wildman–Crippen MR) is 102 cm³/mol. The van der Waals surface area contributed by atoms with E-state index in [1.54, 1.807) is 19.1 Å². The van der Waals surface area contributed by atoms with E-state index in [0.29, 0.717) is 28.6 Å². The van der Waals surface area contributed by atoms with Crippen molar-refractivity contribution in [3.63, 3.8) is 0 Å². The molecular weight excluding hydrogens is 330 g/mol. The zero-order chi connectivity index (χ0) is 18.7. The van der Waals surface area contributed by atoms with E-state index >= 15 is 0 Å². The van der Waals surface area contributed by atoms with Crippen molar-refractivity contribution >= 4 is 16.9 Å². The summed E-state index contributed by atoms with van der Waals surface area (Å²) in [6.07, 6.45) is 7.79. The molecule has 2 N–H and O–H groups in total. The summed E-state index contributed by atoms with van der Waals surface area (Å²) in [5, 5.41) is 13.6. The Hall–Kier alpha value is -2.56. The van der Waals surface area contributed by atoms with Gasteiger partial charge in [-0.3, -0.25) is 4.79 Å². The number of carbonyl (C=O) groups excluding carboxylic acids is 1. The monoisotopic (exact) mass is 355 g/mol. The number of phenolic OH excluding ortho intramolecular Hbond substituents is 1. The number of carbonyl (C=O) groups is 1. The van der Waals surface area contributed by atoms with Gasteiger partial charge in [-0.05, 0) is 69.2 Å². The van der Waals surface area contributed by atoms with Gasteiger partial charge in [-0.25, -0.2) is 4.79 Å². The van der Waals surface area contributed by atoms with Crippen molar-refractivity contribution in [2.75, 3.05) is 6.54 Å². The lowest BCUT2D eigenvalue weighted by Gasteiger charge is -2.13. The summed E-state index contributed by atoms with van der Waals surface area (Å²) in [5.74, 6) is -0.144. The standard InChI is InChI=1S/C21H25NO4/c1-13-10-17(23)20-14(2)16(21(25)26-18(20)11-13)12-19(24)22-9-8-15-6-4-3-5-7-15/h6,10-11,23H,3-5,7-9,12H2,1-2H3,(H,22,24). The van der Waals surface area contributed by atoms with E-state index < -0.39 is 5.63 Å². The van der Waals surface area contributed by atoms with E-state index in [0.717, 1.165) is 24.8 Å². The van der Waals surface area contributed by atoms with E-state index in [2.05, 4.69) is 11.4 Å². The van der Waals surface area contributed by atoms with E-state index in [1.165, 1.54) is 18.4 Å². The Labute approximate surface area is 152 Å². The lowest BCUT2D eigenvalue weighted by Crippen LogP contribution is -2.29. The highest BCUT2D eigenvalue weighted by Gasteiger charge is 2.17. The summed E-state index contributed by atoms with van der Waals surface area (Å²) in [4.78, 5) is 24.6. The number of amides is 1. The van der Waals surface area contributed by atoms with Crippen LogP contribution in [0.3, 0.4) is 0 Å². The maximum atomic E-state index is 12.3. The van der Waals surface area contributed by atoms with Crippen LogP contribution in [-0.2, 0) is 11.2 Å². The molecule has 0 atom stereocenters. The Balaban J connectivity index is 1.72. The molecule has 138 valence electrons. The van der Waals surface area contributed by atoms with Gasteiger partial charge in [-0.1, -0.05) is 11.6 Å². The van der Waals surface area contributed by atoms with Crippen LogP contribution in [0.4, 0.5) is 0 Å². The third-order valence-corrected chi connectivity index (χ3v) is 4.99. The molecule has 26 heavy (non-hydrogen) atoms. The first-order valence-corrected chi connectivity index (χ1v) is 9.16. The van der Waals surface area contributed by atoms with Crippen molar-refractivity contribution in [3.05, 3.63) is 50.9 Å². The van der Waals surface area contributed by atoms with Gasteiger partial charge < -0.3 is 14.8 Å². The molecule has 5 heteroatoms. The molecule has 1 amide bonds. The minimum absolute atomic E-state index is 0.0452. The van der Waals surface area contributed by atoms with Gasteiger partial charge in [0.2, 0.25) is 5.91 Å². The summed E-state index contributed by atoms with van der Waals surface area (Å²) >= 11 is 0. The van der Waals surface area contributed by atoms with Crippen LogP contribution >= 0.6 is 0 Å². The fourth-order valence-electron chi connectivity index (χ4n) is 3.58. The molecule has 3 rings (SSSR count). The zero-order valence-electron chi connectivity index (χ0n) is 15.4. The van der Waals surface area contributed by atoms with Crippen molar-refractivity contribution in [1.82, 2.24) is 5.32 Å². The van der Waals surface area contributed by atoms with Crippen molar-refractivity contribution in [1.29, 1.82) is 0 Å². The minimum atomic E-state index is -0.523. The molecule has 0 saturated heterocycles. The van der Waals surface area contributed by atoms with E-state index in [9.17, 15) is 14.7 Å². The maximum Gasteiger partial charge on any atom is 0.340 e.